The standard InChI is InChI=1S/C22H19ClF2N6O4/c1-10(17(11-6-26-30(2)8-11)13-4-15(24)16(25)5-14(13)23)20-29-18(19(32)22(34)31(20)3)21(33)28-12-7-27-35-9-12/h4-10,17,32H,1-3H3,(H,28,33)/t10-,17-/m0/s1. The molecule has 0 aliphatic rings. The Morgan fingerprint density at radius 3 is 2.57 bits per heavy atom. The van der Waals surface area contributed by atoms with Gasteiger partial charge < -0.3 is 14.9 Å². The first-order chi connectivity index (χ1) is 16.6. The molecular formula is C22H19ClF2N6O4. The second-order valence-corrected chi connectivity index (χ2v) is 8.31. The average Bonchev–Trinajstić information content (AvgIpc) is 3.47. The maximum absolute atomic E-state index is 14.2. The topological polar surface area (TPSA) is 128 Å². The summed E-state index contributed by atoms with van der Waals surface area (Å²) < 4.78 is 35.3. The molecule has 13 heteroatoms. The molecule has 2 atom stereocenters. The number of carbonyl (C=O) groups is 1. The number of halogens is 3. The van der Waals surface area contributed by atoms with E-state index in [0.29, 0.717) is 5.56 Å². The molecular weight excluding hydrogens is 486 g/mol. The molecule has 3 heterocycles. The number of aromatic hydroxyl groups is 1. The molecule has 10 nitrogen and oxygen atoms in total. The monoisotopic (exact) mass is 504 g/mol. The zero-order valence-corrected chi connectivity index (χ0v) is 19.4. The van der Waals surface area contributed by atoms with E-state index in [-0.39, 0.29) is 22.1 Å². The minimum atomic E-state index is -1.11. The number of nitrogens with one attached hydrogen (secondary N) is 1. The van der Waals surface area contributed by atoms with Gasteiger partial charge in [0.05, 0.1) is 12.4 Å². The first-order valence-electron chi connectivity index (χ1n) is 10.2. The lowest BCUT2D eigenvalue weighted by Gasteiger charge is -2.26. The molecule has 2 N–H and O–H groups in total. The largest absolute Gasteiger partial charge is 0.501 e. The summed E-state index contributed by atoms with van der Waals surface area (Å²) in [5, 5.41) is 20.3. The lowest BCUT2D eigenvalue weighted by atomic mass is 9.82. The van der Waals surface area contributed by atoms with Crippen LogP contribution in [0.2, 0.25) is 5.02 Å². The van der Waals surface area contributed by atoms with Gasteiger partial charge in [-0.05, 0) is 23.3 Å². The Labute approximate surface area is 201 Å². The second-order valence-electron chi connectivity index (χ2n) is 7.90. The fourth-order valence-electron chi connectivity index (χ4n) is 3.89. The van der Waals surface area contributed by atoms with Gasteiger partial charge in [0, 0.05) is 37.2 Å². The van der Waals surface area contributed by atoms with Gasteiger partial charge in [-0.3, -0.25) is 18.8 Å². The molecule has 182 valence electrons. The van der Waals surface area contributed by atoms with Crippen LogP contribution in [-0.2, 0) is 14.1 Å². The highest BCUT2D eigenvalue weighted by Gasteiger charge is 2.32. The summed E-state index contributed by atoms with van der Waals surface area (Å²) in [5.74, 6) is -5.34. The molecule has 0 radical (unpaired) electrons. The van der Waals surface area contributed by atoms with Crippen LogP contribution >= 0.6 is 11.6 Å². The van der Waals surface area contributed by atoms with E-state index in [4.69, 9.17) is 11.6 Å². The number of aryl methyl sites for hydroxylation is 1. The van der Waals surface area contributed by atoms with Crippen molar-refractivity contribution in [2.24, 2.45) is 14.1 Å². The maximum atomic E-state index is 14.2. The third kappa shape index (κ3) is 4.52. The van der Waals surface area contributed by atoms with E-state index in [1.807, 2.05) is 0 Å². The highest BCUT2D eigenvalue weighted by atomic mass is 35.5. The number of aromatic nitrogens is 5. The zero-order chi connectivity index (χ0) is 25.4. The highest BCUT2D eigenvalue weighted by molar-refractivity contribution is 6.31. The van der Waals surface area contributed by atoms with Crippen molar-refractivity contribution in [3.63, 3.8) is 0 Å². The van der Waals surface area contributed by atoms with Gasteiger partial charge in [0.15, 0.2) is 17.3 Å². The summed E-state index contributed by atoms with van der Waals surface area (Å²) in [6.45, 7) is 1.68. The molecule has 1 amide bonds. The van der Waals surface area contributed by atoms with E-state index in [1.54, 1.807) is 20.2 Å². The number of rotatable bonds is 6. The van der Waals surface area contributed by atoms with Crippen molar-refractivity contribution < 1.29 is 23.2 Å². The number of hydrogen-bond acceptors (Lipinski definition) is 7. The molecule has 0 fully saturated rings. The molecule has 0 bridgehead atoms. The van der Waals surface area contributed by atoms with Crippen molar-refractivity contribution in [3.05, 3.63) is 86.6 Å². The van der Waals surface area contributed by atoms with Crippen molar-refractivity contribution in [1.29, 1.82) is 0 Å². The minimum absolute atomic E-state index is 0.0428. The first kappa shape index (κ1) is 24.1. The minimum Gasteiger partial charge on any atom is -0.501 e. The fraction of sp³-hybridized carbons (Fsp3) is 0.227. The molecule has 0 unspecified atom stereocenters. The number of carbonyl (C=O) groups excluding carboxylic acids is 1. The van der Waals surface area contributed by atoms with Gasteiger partial charge in [0.25, 0.3) is 11.5 Å². The van der Waals surface area contributed by atoms with Crippen LogP contribution in [0.25, 0.3) is 0 Å². The molecule has 1 aromatic carbocycles. The van der Waals surface area contributed by atoms with Crippen molar-refractivity contribution in [3.8, 4) is 5.75 Å². The van der Waals surface area contributed by atoms with Gasteiger partial charge in [0.1, 0.15) is 17.8 Å². The van der Waals surface area contributed by atoms with Gasteiger partial charge in [-0.2, -0.15) is 5.10 Å². The van der Waals surface area contributed by atoms with E-state index < -0.39 is 46.4 Å². The molecule has 35 heavy (non-hydrogen) atoms. The van der Waals surface area contributed by atoms with Crippen LogP contribution in [0, 0.1) is 11.6 Å². The van der Waals surface area contributed by atoms with Crippen LogP contribution in [0.1, 0.15) is 46.2 Å². The van der Waals surface area contributed by atoms with Crippen molar-refractivity contribution in [2.75, 3.05) is 5.32 Å². The van der Waals surface area contributed by atoms with Gasteiger partial charge in [-0.25, -0.2) is 13.8 Å². The number of hydrogen-bond donors (Lipinski definition) is 2. The van der Waals surface area contributed by atoms with Gasteiger partial charge in [-0.1, -0.05) is 23.7 Å². The molecule has 4 aromatic rings. The lowest BCUT2D eigenvalue weighted by molar-refractivity contribution is 0.101. The molecule has 0 aliphatic heterocycles. The van der Waals surface area contributed by atoms with E-state index in [9.17, 15) is 23.5 Å². The van der Waals surface area contributed by atoms with Crippen LogP contribution in [0.5, 0.6) is 5.75 Å². The van der Waals surface area contributed by atoms with Crippen LogP contribution in [0.4, 0.5) is 14.5 Å². The Balaban J connectivity index is 1.86. The van der Waals surface area contributed by atoms with Gasteiger partial charge in [0.2, 0.25) is 5.75 Å². The summed E-state index contributed by atoms with van der Waals surface area (Å²) in [4.78, 5) is 29.8. The quantitative estimate of drug-likeness (QED) is 0.385. The molecule has 4 rings (SSSR count). The van der Waals surface area contributed by atoms with Crippen LogP contribution in [0.3, 0.4) is 0 Å². The first-order valence-corrected chi connectivity index (χ1v) is 10.6. The predicted octanol–water partition coefficient (Wildman–Crippen LogP) is 3.33. The SMILES string of the molecule is C[C@H](c1nc(C(=O)Nc2cnoc2)c(O)c(=O)n1C)[C@@H](c1cnn(C)c1)c1cc(F)c(F)cc1Cl. The summed E-state index contributed by atoms with van der Waals surface area (Å²) in [6, 6.07) is 1.84. The van der Waals surface area contributed by atoms with Crippen molar-refractivity contribution >= 4 is 23.2 Å². The third-order valence-electron chi connectivity index (χ3n) is 5.57. The average molecular weight is 505 g/mol. The molecule has 3 aromatic heterocycles. The zero-order valence-electron chi connectivity index (χ0n) is 18.7. The Morgan fingerprint density at radius 1 is 1.23 bits per heavy atom. The van der Waals surface area contributed by atoms with E-state index in [1.165, 1.54) is 24.1 Å². The van der Waals surface area contributed by atoms with E-state index in [2.05, 4.69) is 25.1 Å². The Bertz CT molecular complexity index is 1470. The highest BCUT2D eigenvalue weighted by Crippen LogP contribution is 2.41. The van der Waals surface area contributed by atoms with E-state index in [0.717, 1.165) is 23.0 Å². The Morgan fingerprint density at radius 2 is 1.94 bits per heavy atom. The molecule has 0 saturated heterocycles. The second kappa shape index (κ2) is 9.29. The smallest absolute Gasteiger partial charge is 0.296 e. The summed E-state index contributed by atoms with van der Waals surface area (Å²) in [5.41, 5.74) is -0.418. The fourth-order valence-corrected chi connectivity index (χ4v) is 4.16. The lowest BCUT2D eigenvalue weighted by Crippen LogP contribution is -2.29. The Hall–Kier alpha value is -4.06. The van der Waals surface area contributed by atoms with Crippen molar-refractivity contribution in [1.82, 2.24) is 24.5 Å². The number of amides is 1. The van der Waals surface area contributed by atoms with E-state index >= 15 is 0 Å². The number of anilines is 1. The Kier molecular flexibility index (Phi) is 6.39. The van der Waals surface area contributed by atoms with Gasteiger partial charge >= 0.3 is 0 Å². The molecule has 0 saturated carbocycles. The maximum Gasteiger partial charge on any atom is 0.296 e. The van der Waals surface area contributed by atoms with Gasteiger partial charge in [-0.15, -0.1) is 0 Å². The van der Waals surface area contributed by atoms with Crippen LogP contribution < -0.4 is 10.9 Å². The number of benzene rings is 1. The van der Waals surface area contributed by atoms with Crippen LogP contribution in [0.15, 0.2) is 46.3 Å². The molecule has 0 spiro atoms. The summed E-state index contributed by atoms with van der Waals surface area (Å²) >= 11 is 6.30. The number of nitrogens with zero attached hydrogens (tertiary/aromatic N) is 5. The van der Waals surface area contributed by atoms with Crippen LogP contribution in [-0.4, -0.2) is 35.5 Å². The summed E-state index contributed by atoms with van der Waals surface area (Å²) in [6.07, 6.45) is 5.57. The summed E-state index contributed by atoms with van der Waals surface area (Å²) in [7, 11) is 3.05. The molecule has 0 aliphatic carbocycles. The van der Waals surface area contributed by atoms with Crippen molar-refractivity contribution in [2.45, 2.75) is 18.8 Å². The third-order valence-corrected chi connectivity index (χ3v) is 5.90. The normalized spacial score (nSPS) is 13.0. The predicted molar refractivity (Wildman–Crippen MR) is 120 cm³/mol.